The highest BCUT2D eigenvalue weighted by Crippen LogP contribution is 2.29. The van der Waals surface area contributed by atoms with E-state index in [1.807, 2.05) is 6.20 Å². The van der Waals surface area contributed by atoms with Gasteiger partial charge in [0.1, 0.15) is 5.82 Å². The van der Waals surface area contributed by atoms with Crippen LogP contribution in [-0.4, -0.2) is 52.3 Å². The minimum Gasteiger partial charge on any atom is -0.393 e. The number of aliphatic hydroxyl groups excluding tert-OH is 1. The zero-order valence-corrected chi connectivity index (χ0v) is 18.3. The first-order chi connectivity index (χ1) is 14.6. The van der Waals surface area contributed by atoms with Gasteiger partial charge in [0.2, 0.25) is 0 Å². The van der Waals surface area contributed by atoms with Crippen LogP contribution in [-0.2, 0) is 6.42 Å². The molecule has 4 rings (SSSR count). The summed E-state index contributed by atoms with van der Waals surface area (Å²) in [6, 6.07) is 9.16. The fraction of sp³-hybridized carbons (Fsp3) is 0.583. The van der Waals surface area contributed by atoms with E-state index in [9.17, 15) is 5.11 Å². The molecule has 2 fully saturated rings. The van der Waals surface area contributed by atoms with Crippen LogP contribution in [0, 0.1) is 0 Å². The van der Waals surface area contributed by atoms with Crippen molar-refractivity contribution in [2.24, 2.45) is 0 Å². The summed E-state index contributed by atoms with van der Waals surface area (Å²) in [7, 11) is 2.20. The third-order valence-electron chi connectivity index (χ3n) is 6.59. The van der Waals surface area contributed by atoms with Crippen molar-refractivity contribution in [3.63, 3.8) is 0 Å². The van der Waals surface area contributed by atoms with Gasteiger partial charge in [0, 0.05) is 11.7 Å². The van der Waals surface area contributed by atoms with Crippen LogP contribution in [0.4, 0.5) is 17.3 Å². The van der Waals surface area contributed by atoms with E-state index in [1.165, 1.54) is 31.5 Å². The summed E-state index contributed by atoms with van der Waals surface area (Å²) in [5, 5.41) is 16.7. The van der Waals surface area contributed by atoms with E-state index in [2.05, 4.69) is 58.8 Å². The summed E-state index contributed by atoms with van der Waals surface area (Å²) >= 11 is 0. The fourth-order valence-corrected chi connectivity index (χ4v) is 4.59. The van der Waals surface area contributed by atoms with Crippen LogP contribution in [0.5, 0.6) is 0 Å². The first-order valence-corrected chi connectivity index (χ1v) is 11.5. The van der Waals surface area contributed by atoms with Crippen LogP contribution >= 0.6 is 0 Å². The molecule has 0 amide bonds. The normalized spacial score (nSPS) is 23.3. The number of likely N-dealkylation sites (tertiary alicyclic amines) is 1. The van der Waals surface area contributed by atoms with Gasteiger partial charge in [-0.05, 0) is 88.7 Å². The molecule has 30 heavy (non-hydrogen) atoms. The van der Waals surface area contributed by atoms with E-state index < -0.39 is 0 Å². The maximum atomic E-state index is 9.75. The number of aliphatic hydroxyl groups is 1. The first-order valence-electron chi connectivity index (χ1n) is 11.5. The predicted octanol–water partition coefficient (Wildman–Crippen LogP) is 4.31. The molecule has 2 heterocycles. The number of rotatable bonds is 6. The van der Waals surface area contributed by atoms with Gasteiger partial charge in [-0.3, -0.25) is 4.98 Å². The Morgan fingerprint density at radius 1 is 1.03 bits per heavy atom. The molecular weight excluding hydrogens is 374 g/mol. The monoisotopic (exact) mass is 409 g/mol. The maximum absolute atomic E-state index is 9.75. The molecule has 0 spiro atoms. The van der Waals surface area contributed by atoms with E-state index in [1.54, 1.807) is 0 Å². The van der Waals surface area contributed by atoms with Crippen molar-refractivity contribution < 1.29 is 5.11 Å². The Morgan fingerprint density at radius 2 is 1.73 bits per heavy atom. The molecule has 1 aliphatic carbocycles. The molecule has 1 aromatic carbocycles. The Morgan fingerprint density at radius 3 is 2.40 bits per heavy atom. The number of nitrogens with zero attached hydrogens (tertiary/aromatic N) is 3. The Hall–Kier alpha value is -2.18. The SMILES string of the molecule is CCc1ncc(Nc2ccc(C3CCN(C)CC3)cc2)nc1N[C@H]1CC[C@H](O)CC1. The third-order valence-corrected chi connectivity index (χ3v) is 6.59. The lowest BCUT2D eigenvalue weighted by molar-refractivity contribution is 0.126. The van der Waals surface area contributed by atoms with Gasteiger partial charge in [0.05, 0.1) is 18.0 Å². The van der Waals surface area contributed by atoms with E-state index in [0.717, 1.165) is 55.1 Å². The van der Waals surface area contributed by atoms with E-state index in [0.29, 0.717) is 12.0 Å². The lowest BCUT2D eigenvalue weighted by Crippen LogP contribution is -2.29. The molecule has 0 radical (unpaired) electrons. The van der Waals surface area contributed by atoms with Gasteiger partial charge in [-0.2, -0.15) is 0 Å². The Balaban J connectivity index is 1.41. The molecule has 1 aromatic heterocycles. The van der Waals surface area contributed by atoms with Crippen LogP contribution in [0.1, 0.15) is 62.6 Å². The smallest absolute Gasteiger partial charge is 0.151 e. The van der Waals surface area contributed by atoms with Gasteiger partial charge in [-0.25, -0.2) is 4.98 Å². The average molecular weight is 410 g/mol. The Kier molecular flexibility index (Phi) is 6.85. The average Bonchev–Trinajstić information content (AvgIpc) is 2.77. The molecule has 6 heteroatoms. The number of nitrogens with one attached hydrogen (secondary N) is 2. The largest absolute Gasteiger partial charge is 0.393 e. The zero-order chi connectivity index (χ0) is 20.9. The number of aromatic nitrogens is 2. The summed E-state index contributed by atoms with van der Waals surface area (Å²) < 4.78 is 0. The highest BCUT2D eigenvalue weighted by Gasteiger charge is 2.21. The second-order valence-corrected chi connectivity index (χ2v) is 8.88. The Labute approximate surface area is 180 Å². The molecular formula is C24H35N5O. The van der Waals surface area contributed by atoms with Crippen LogP contribution in [0.25, 0.3) is 0 Å². The number of piperidine rings is 1. The molecule has 6 nitrogen and oxygen atoms in total. The van der Waals surface area contributed by atoms with Crippen molar-refractivity contribution in [3.05, 3.63) is 41.7 Å². The van der Waals surface area contributed by atoms with Crippen molar-refractivity contribution in [2.45, 2.75) is 69.9 Å². The quantitative estimate of drug-likeness (QED) is 0.660. The number of hydrogen-bond acceptors (Lipinski definition) is 6. The number of benzene rings is 1. The minimum absolute atomic E-state index is 0.148. The van der Waals surface area contributed by atoms with Crippen LogP contribution in [0.3, 0.4) is 0 Å². The summed E-state index contributed by atoms with van der Waals surface area (Å²) in [6.07, 6.45) is 8.65. The molecule has 3 N–H and O–H groups in total. The second-order valence-electron chi connectivity index (χ2n) is 8.88. The first kappa shape index (κ1) is 21.1. The van der Waals surface area contributed by atoms with Gasteiger partial charge < -0.3 is 20.6 Å². The van der Waals surface area contributed by atoms with Gasteiger partial charge in [0.25, 0.3) is 0 Å². The lowest BCUT2D eigenvalue weighted by Gasteiger charge is -2.29. The molecule has 0 atom stereocenters. The number of hydrogen-bond donors (Lipinski definition) is 3. The van der Waals surface area contributed by atoms with Gasteiger partial charge in [-0.1, -0.05) is 19.1 Å². The highest BCUT2D eigenvalue weighted by molar-refractivity contribution is 5.58. The summed E-state index contributed by atoms with van der Waals surface area (Å²) in [5.41, 5.74) is 3.46. The van der Waals surface area contributed by atoms with Crippen LogP contribution in [0.15, 0.2) is 30.5 Å². The van der Waals surface area contributed by atoms with E-state index >= 15 is 0 Å². The van der Waals surface area contributed by atoms with Crippen LogP contribution < -0.4 is 10.6 Å². The fourth-order valence-electron chi connectivity index (χ4n) is 4.59. The topological polar surface area (TPSA) is 73.3 Å². The van der Waals surface area contributed by atoms with Crippen molar-refractivity contribution in [1.82, 2.24) is 14.9 Å². The maximum Gasteiger partial charge on any atom is 0.151 e. The van der Waals surface area contributed by atoms with Crippen molar-refractivity contribution in [2.75, 3.05) is 30.8 Å². The Bertz CT molecular complexity index is 809. The zero-order valence-electron chi connectivity index (χ0n) is 18.3. The third kappa shape index (κ3) is 5.29. The molecule has 2 aromatic rings. The molecule has 1 saturated heterocycles. The van der Waals surface area contributed by atoms with Gasteiger partial charge >= 0.3 is 0 Å². The number of anilines is 3. The molecule has 162 valence electrons. The van der Waals surface area contributed by atoms with Gasteiger partial charge in [-0.15, -0.1) is 0 Å². The summed E-state index contributed by atoms with van der Waals surface area (Å²) in [5.74, 6) is 2.30. The lowest BCUT2D eigenvalue weighted by atomic mass is 9.89. The summed E-state index contributed by atoms with van der Waals surface area (Å²) in [6.45, 7) is 4.47. The minimum atomic E-state index is -0.148. The molecule has 1 saturated carbocycles. The second kappa shape index (κ2) is 9.75. The van der Waals surface area contributed by atoms with Crippen molar-refractivity contribution in [3.8, 4) is 0 Å². The van der Waals surface area contributed by atoms with Gasteiger partial charge in [0.15, 0.2) is 5.82 Å². The van der Waals surface area contributed by atoms with Crippen molar-refractivity contribution >= 4 is 17.3 Å². The predicted molar refractivity (Wildman–Crippen MR) is 122 cm³/mol. The molecule has 1 aliphatic heterocycles. The summed E-state index contributed by atoms with van der Waals surface area (Å²) in [4.78, 5) is 11.9. The van der Waals surface area contributed by atoms with E-state index in [4.69, 9.17) is 4.98 Å². The van der Waals surface area contributed by atoms with Crippen LogP contribution in [0.2, 0.25) is 0 Å². The van der Waals surface area contributed by atoms with E-state index in [-0.39, 0.29) is 6.10 Å². The van der Waals surface area contributed by atoms with Crippen molar-refractivity contribution in [1.29, 1.82) is 0 Å². The molecule has 0 unspecified atom stereocenters. The molecule has 2 aliphatic rings. The standard InChI is InChI=1S/C24H35N5O/c1-3-22-24(27-20-8-10-21(30)11-9-20)28-23(16-25-22)26-19-6-4-17(5-7-19)18-12-14-29(2)15-13-18/h4-7,16,18,20-21,30H,3,8-15H2,1-2H3,(H2,26,27,28)/t20-,21-. The molecule has 0 bridgehead atoms. The highest BCUT2D eigenvalue weighted by atomic mass is 16.3. The number of aryl methyl sites for hydroxylation is 1.